The molecule has 0 radical (unpaired) electrons. The van der Waals surface area contributed by atoms with Gasteiger partial charge in [0.25, 0.3) is 0 Å². The van der Waals surface area contributed by atoms with Gasteiger partial charge in [0.15, 0.2) is 0 Å². The molecule has 0 spiro atoms. The molecule has 0 aromatic heterocycles. The third kappa shape index (κ3) is 4.52. The molecule has 0 atom stereocenters. The Kier molecular flexibility index (Phi) is 5.83. The van der Waals surface area contributed by atoms with Crippen LogP contribution in [0.2, 0.25) is 5.02 Å². The van der Waals surface area contributed by atoms with Gasteiger partial charge in [-0.15, -0.1) is 0 Å². The van der Waals surface area contributed by atoms with E-state index < -0.39 is 0 Å². The number of anilines is 1. The van der Waals surface area contributed by atoms with Crippen LogP contribution in [-0.4, -0.2) is 6.61 Å². The second-order valence-corrected chi connectivity index (χ2v) is 4.01. The van der Waals surface area contributed by atoms with E-state index in [1.807, 2.05) is 19.1 Å². The van der Waals surface area contributed by atoms with E-state index in [0.717, 1.165) is 0 Å². The van der Waals surface area contributed by atoms with Gasteiger partial charge in [0, 0.05) is 17.7 Å². The number of nitrogens with two attached hydrogens (primary N) is 1. The quantitative estimate of drug-likeness (QED) is 0.381. The Labute approximate surface area is 112 Å². The number of ether oxygens (including phenoxy) is 1. The Bertz CT molecular complexity index is 501. The van der Waals surface area contributed by atoms with Crippen molar-refractivity contribution in [3.63, 3.8) is 0 Å². The van der Waals surface area contributed by atoms with E-state index in [0.29, 0.717) is 35.1 Å². The molecule has 1 rings (SSSR count). The van der Waals surface area contributed by atoms with Crippen LogP contribution in [-0.2, 0) is 0 Å². The lowest BCUT2D eigenvalue weighted by Gasteiger charge is -2.07. The van der Waals surface area contributed by atoms with E-state index in [4.69, 9.17) is 27.3 Å². The zero-order valence-corrected chi connectivity index (χ0v) is 10.9. The Morgan fingerprint density at radius 2 is 2.33 bits per heavy atom. The molecule has 0 saturated carbocycles. The predicted octanol–water partition coefficient (Wildman–Crippen LogP) is 3.72. The molecular formula is C14H15ClN2O. The van der Waals surface area contributed by atoms with Gasteiger partial charge in [0.2, 0.25) is 0 Å². The van der Waals surface area contributed by atoms with Gasteiger partial charge in [-0.25, -0.2) is 0 Å². The molecule has 0 fully saturated rings. The minimum Gasteiger partial charge on any atom is -0.492 e. The van der Waals surface area contributed by atoms with Gasteiger partial charge in [-0.05, 0) is 31.2 Å². The van der Waals surface area contributed by atoms with Gasteiger partial charge in [0.1, 0.15) is 5.75 Å². The van der Waals surface area contributed by atoms with Crippen LogP contribution in [0, 0.1) is 11.3 Å². The minimum absolute atomic E-state index is 0.465. The Hall–Kier alpha value is -1.92. The third-order valence-corrected chi connectivity index (χ3v) is 2.47. The van der Waals surface area contributed by atoms with E-state index in [1.54, 1.807) is 24.3 Å². The maximum absolute atomic E-state index is 8.80. The first kappa shape index (κ1) is 14.1. The number of rotatable bonds is 5. The summed E-state index contributed by atoms with van der Waals surface area (Å²) in [6.45, 7) is 2.34. The Morgan fingerprint density at radius 1 is 1.56 bits per heavy atom. The zero-order chi connectivity index (χ0) is 13.4. The van der Waals surface area contributed by atoms with Crippen LogP contribution >= 0.6 is 11.6 Å². The number of nitrogen functional groups attached to an aromatic ring is 1. The van der Waals surface area contributed by atoms with Crippen molar-refractivity contribution in [1.82, 2.24) is 0 Å². The number of benzene rings is 1. The fourth-order valence-corrected chi connectivity index (χ4v) is 1.59. The van der Waals surface area contributed by atoms with E-state index in [9.17, 15) is 0 Å². The monoisotopic (exact) mass is 262 g/mol. The molecule has 0 amide bonds. The fourth-order valence-electron chi connectivity index (χ4n) is 1.35. The molecule has 0 bridgehead atoms. The lowest BCUT2D eigenvalue weighted by Crippen LogP contribution is -1.97. The summed E-state index contributed by atoms with van der Waals surface area (Å²) in [6.07, 6.45) is 6.06. The number of halogens is 1. The van der Waals surface area contributed by atoms with Crippen molar-refractivity contribution in [3.8, 4) is 11.8 Å². The van der Waals surface area contributed by atoms with Gasteiger partial charge >= 0.3 is 0 Å². The molecule has 94 valence electrons. The highest BCUT2D eigenvalue weighted by Crippen LogP contribution is 2.26. The molecule has 3 nitrogen and oxygen atoms in total. The maximum Gasteiger partial charge on any atom is 0.138 e. The number of hydrogen-bond acceptors (Lipinski definition) is 3. The van der Waals surface area contributed by atoms with Gasteiger partial charge < -0.3 is 10.5 Å². The highest BCUT2D eigenvalue weighted by molar-refractivity contribution is 6.32. The first-order valence-electron chi connectivity index (χ1n) is 5.58. The van der Waals surface area contributed by atoms with E-state index in [-0.39, 0.29) is 0 Å². The third-order valence-electron chi connectivity index (χ3n) is 2.17. The average Bonchev–Trinajstić information content (AvgIpc) is 2.35. The first-order valence-corrected chi connectivity index (χ1v) is 5.96. The second-order valence-electron chi connectivity index (χ2n) is 3.60. The van der Waals surface area contributed by atoms with Gasteiger partial charge in [-0.2, -0.15) is 5.26 Å². The van der Waals surface area contributed by atoms with Crippen molar-refractivity contribution in [3.05, 3.63) is 47.0 Å². The van der Waals surface area contributed by atoms with Crippen molar-refractivity contribution >= 4 is 17.3 Å². The number of hydrogen-bond donors (Lipinski definition) is 1. The van der Waals surface area contributed by atoms with Crippen LogP contribution < -0.4 is 10.5 Å². The molecule has 0 unspecified atom stereocenters. The number of nitrogens with zero attached hydrogens (tertiary/aromatic N) is 1. The van der Waals surface area contributed by atoms with E-state index in [1.165, 1.54) is 0 Å². The van der Waals surface area contributed by atoms with Crippen LogP contribution in [0.1, 0.15) is 13.3 Å². The molecule has 0 aliphatic carbocycles. The molecule has 0 saturated heterocycles. The lowest BCUT2D eigenvalue weighted by atomic mass is 10.2. The second kappa shape index (κ2) is 7.41. The largest absolute Gasteiger partial charge is 0.492 e. The average molecular weight is 263 g/mol. The summed E-state index contributed by atoms with van der Waals surface area (Å²) in [5.41, 5.74) is 6.81. The zero-order valence-electron chi connectivity index (χ0n) is 10.2. The highest BCUT2D eigenvalue weighted by Gasteiger charge is 2.00. The summed E-state index contributed by atoms with van der Waals surface area (Å²) in [7, 11) is 0. The van der Waals surface area contributed by atoms with Crippen molar-refractivity contribution in [2.45, 2.75) is 13.3 Å². The van der Waals surface area contributed by atoms with Crippen molar-refractivity contribution in [2.24, 2.45) is 0 Å². The normalized spacial score (nSPS) is 11.5. The van der Waals surface area contributed by atoms with Gasteiger partial charge in [-0.3, -0.25) is 0 Å². The minimum atomic E-state index is 0.465. The van der Waals surface area contributed by atoms with Crippen molar-refractivity contribution < 1.29 is 4.74 Å². The number of nitriles is 1. The van der Waals surface area contributed by atoms with E-state index >= 15 is 0 Å². The number of allylic oxidation sites excluding steroid dienone is 3. The van der Waals surface area contributed by atoms with Crippen LogP contribution in [0.3, 0.4) is 0 Å². The van der Waals surface area contributed by atoms with Crippen LogP contribution in [0.5, 0.6) is 5.75 Å². The predicted molar refractivity (Wildman–Crippen MR) is 74.5 cm³/mol. The fraction of sp³-hybridized carbons (Fsp3) is 0.214. The molecule has 0 heterocycles. The molecule has 2 N–H and O–H groups in total. The molecule has 18 heavy (non-hydrogen) atoms. The smallest absolute Gasteiger partial charge is 0.138 e. The summed E-state index contributed by atoms with van der Waals surface area (Å²) in [5, 5.41) is 9.30. The first-order chi connectivity index (χ1) is 8.67. The summed E-state index contributed by atoms with van der Waals surface area (Å²) in [4.78, 5) is 0. The lowest BCUT2D eigenvalue weighted by molar-refractivity contribution is 0.325. The Balaban J connectivity index is 2.50. The standard InChI is InChI=1S/C14H15ClN2O/c1-2-4-11(10-16)5-3-8-18-14-7-6-12(17)9-13(14)15/h2,4-7,9H,3,8,17H2,1H3. The summed E-state index contributed by atoms with van der Waals surface area (Å²) >= 11 is 5.96. The molecule has 1 aromatic rings. The summed E-state index contributed by atoms with van der Waals surface area (Å²) < 4.78 is 5.50. The SMILES string of the molecule is CC=CC(C#N)=CCCOc1ccc(N)cc1Cl. The van der Waals surface area contributed by atoms with Crippen LogP contribution in [0.4, 0.5) is 5.69 Å². The molecular weight excluding hydrogens is 248 g/mol. The molecule has 0 aliphatic rings. The van der Waals surface area contributed by atoms with Gasteiger partial charge in [0.05, 0.1) is 17.7 Å². The molecule has 4 heteroatoms. The molecule has 1 aromatic carbocycles. The highest BCUT2D eigenvalue weighted by atomic mass is 35.5. The van der Waals surface area contributed by atoms with Crippen molar-refractivity contribution in [2.75, 3.05) is 12.3 Å². The molecule has 0 aliphatic heterocycles. The van der Waals surface area contributed by atoms with Gasteiger partial charge in [-0.1, -0.05) is 23.8 Å². The summed E-state index contributed by atoms with van der Waals surface area (Å²) in [6, 6.07) is 7.21. The van der Waals surface area contributed by atoms with E-state index in [2.05, 4.69) is 6.07 Å². The van der Waals surface area contributed by atoms with Crippen molar-refractivity contribution in [1.29, 1.82) is 5.26 Å². The topological polar surface area (TPSA) is 59.0 Å². The summed E-state index contributed by atoms with van der Waals surface area (Å²) in [5.74, 6) is 0.601. The maximum atomic E-state index is 8.80. The Morgan fingerprint density at radius 3 is 2.94 bits per heavy atom. The van der Waals surface area contributed by atoms with Crippen LogP contribution in [0.25, 0.3) is 0 Å². The van der Waals surface area contributed by atoms with Crippen LogP contribution in [0.15, 0.2) is 42.0 Å².